The van der Waals surface area contributed by atoms with Crippen LogP contribution in [0.2, 0.25) is 0 Å². The third-order valence-electron chi connectivity index (χ3n) is 5.81. The molecule has 3 aromatic carbocycles. The second-order valence-corrected chi connectivity index (χ2v) is 9.23. The van der Waals surface area contributed by atoms with Crippen molar-refractivity contribution in [2.24, 2.45) is 10.9 Å². The fourth-order valence-electron chi connectivity index (χ4n) is 4.24. The summed E-state index contributed by atoms with van der Waals surface area (Å²) in [5.74, 6) is 1.67. The lowest BCUT2D eigenvalue weighted by Gasteiger charge is -2.15. The molecule has 1 nitrogen and oxygen atoms in total. The third kappa shape index (κ3) is 3.28. The molecular formula is C27H31N. The van der Waals surface area contributed by atoms with E-state index in [-0.39, 0.29) is 0 Å². The quantitative estimate of drug-likeness (QED) is 0.341. The zero-order valence-electron chi connectivity index (χ0n) is 18.0. The number of aliphatic imine (C=N–C) groups is 1. The minimum Gasteiger partial charge on any atom is -0.247 e. The first-order valence-corrected chi connectivity index (χ1v) is 10.6. The molecule has 28 heavy (non-hydrogen) atoms. The SMILES string of the molecule is CC(C)Cc1ccc2c3c(cccc13)C(c1cc(C(C)C)cc(C(C)C)c1)=N2. The van der Waals surface area contributed by atoms with Gasteiger partial charge in [0.1, 0.15) is 0 Å². The third-order valence-corrected chi connectivity index (χ3v) is 5.81. The summed E-state index contributed by atoms with van der Waals surface area (Å²) in [4.78, 5) is 5.10. The van der Waals surface area contributed by atoms with E-state index < -0.39 is 0 Å². The maximum Gasteiger partial charge on any atom is 0.0789 e. The monoisotopic (exact) mass is 369 g/mol. The maximum atomic E-state index is 5.10. The summed E-state index contributed by atoms with van der Waals surface area (Å²) in [7, 11) is 0. The molecule has 0 unspecified atom stereocenters. The highest BCUT2D eigenvalue weighted by Crippen LogP contribution is 2.40. The Morgan fingerprint density at radius 2 is 1.46 bits per heavy atom. The van der Waals surface area contributed by atoms with Crippen molar-refractivity contribution in [1.82, 2.24) is 0 Å². The Hall–Kier alpha value is -2.41. The van der Waals surface area contributed by atoms with E-state index in [1.807, 2.05) is 0 Å². The van der Waals surface area contributed by atoms with E-state index in [1.165, 1.54) is 38.6 Å². The van der Waals surface area contributed by atoms with E-state index in [0.29, 0.717) is 17.8 Å². The molecule has 144 valence electrons. The number of nitrogens with zero attached hydrogens (tertiary/aromatic N) is 1. The predicted molar refractivity (Wildman–Crippen MR) is 122 cm³/mol. The predicted octanol–water partition coefficient (Wildman–Crippen LogP) is 7.77. The first-order valence-electron chi connectivity index (χ1n) is 10.6. The molecule has 1 aliphatic heterocycles. The van der Waals surface area contributed by atoms with Gasteiger partial charge >= 0.3 is 0 Å². The molecule has 0 atom stereocenters. The first-order chi connectivity index (χ1) is 13.3. The minimum absolute atomic E-state index is 0.510. The topological polar surface area (TPSA) is 12.4 Å². The van der Waals surface area contributed by atoms with Gasteiger partial charge in [-0.05, 0) is 64.5 Å². The van der Waals surface area contributed by atoms with Gasteiger partial charge in [0.05, 0.1) is 11.4 Å². The van der Waals surface area contributed by atoms with Gasteiger partial charge in [0, 0.05) is 16.5 Å². The van der Waals surface area contributed by atoms with Crippen LogP contribution in [0.4, 0.5) is 5.69 Å². The summed E-state index contributed by atoms with van der Waals surface area (Å²) in [5.41, 5.74) is 9.02. The van der Waals surface area contributed by atoms with Crippen molar-refractivity contribution in [3.8, 4) is 0 Å². The van der Waals surface area contributed by atoms with Gasteiger partial charge in [-0.2, -0.15) is 0 Å². The van der Waals surface area contributed by atoms with Gasteiger partial charge in [0.2, 0.25) is 0 Å². The molecule has 0 amide bonds. The van der Waals surface area contributed by atoms with Crippen LogP contribution in [-0.4, -0.2) is 5.71 Å². The molecule has 0 fully saturated rings. The van der Waals surface area contributed by atoms with Crippen molar-refractivity contribution in [2.45, 2.75) is 59.8 Å². The molecule has 0 saturated carbocycles. The molecule has 0 spiro atoms. The molecule has 3 aromatic rings. The smallest absolute Gasteiger partial charge is 0.0789 e. The summed E-state index contributed by atoms with van der Waals surface area (Å²) in [6.07, 6.45) is 1.11. The van der Waals surface area contributed by atoms with Crippen LogP contribution >= 0.6 is 0 Å². The van der Waals surface area contributed by atoms with Crippen LogP contribution in [0.5, 0.6) is 0 Å². The van der Waals surface area contributed by atoms with Crippen LogP contribution in [0.3, 0.4) is 0 Å². The van der Waals surface area contributed by atoms with E-state index in [4.69, 9.17) is 4.99 Å². The van der Waals surface area contributed by atoms with E-state index in [0.717, 1.165) is 17.8 Å². The molecule has 0 bridgehead atoms. The Kier molecular flexibility index (Phi) is 4.87. The molecular weight excluding hydrogens is 338 g/mol. The van der Waals surface area contributed by atoms with Crippen LogP contribution in [0.15, 0.2) is 53.5 Å². The number of hydrogen-bond donors (Lipinski definition) is 0. The molecule has 0 aliphatic carbocycles. The van der Waals surface area contributed by atoms with Crippen molar-refractivity contribution in [3.63, 3.8) is 0 Å². The average Bonchev–Trinajstić information content (AvgIpc) is 3.03. The molecule has 4 rings (SSSR count). The van der Waals surface area contributed by atoms with Crippen molar-refractivity contribution in [3.05, 3.63) is 76.3 Å². The molecule has 1 heteroatoms. The van der Waals surface area contributed by atoms with E-state index >= 15 is 0 Å². The van der Waals surface area contributed by atoms with Gasteiger partial charge in [0.25, 0.3) is 0 Å². The normalized spacial score (nSPS) is 13.2. The molecule has 0 N–H and O–H groups in total. The lowest BCUT2D eigenvalue weighted by atomic mass is 9.89. The molecule has 1 heterocycles. The largest absolute Gasteiger partial charge is 0.247 e. The van der Waals surface area contributed by atoms with Crippen LogP contribution in [0.1, 0.15) is 81.2 Å². The molecule has 0 aromatic heterocycles. The Balaban J connectivity index is 1.89. The summed E-state index contributed by atoms with van der Waals surface area (Å²) < 4.78 is 0. The minimum atomic E-state index is 0.510. The molecule has 0 radical (unpaired) electrons. The highest BCUT2D eigenvalue weighted by molar-refractivity contribution is 6.26. The van der Waals surface area contributed by atoms with Gasteiger partial charge in [-0.1, -0.05) is 71.9 Å². The van der Waals surface area contributed by atoms with Crippen LogP contribution < -0.4 is 0 Å². The summed E-state index contributed by atoms with van der Waals surface area (Å²) >= 11 is 0. The highest BCUT2D eigenvalue weighted by Gasteiger charge is 2.22. The Morgan fingerprint density at radius 3 is 2.07 bits per heavy atom. The van der Waals surface area contributed by atoms with Crippen LogP contribution in [0.25, 0.3) is 10.8 Å². The Morgan fingerprint density at radius 1 is 0.786 bits per heavy atom. The van der Waals surface area contributed by atoms with Gasteiger partial charge in [-0.25, -0.2) is 4.99 Å². The van der Waals surface area contributed by atoms with E-state index in [1.54, 1.807) is 0 Å². The van der Waals surface area contributed by atoms with Crippen LogP contribution in [0, 0.1) is 5.92 Å². The standard InChI is InChI=1S/C27H31N/c1-16(2)12-19-10-11-25-26-23(19)8-7-9-24(26)27(28-25)22-14-20(17(3)4)13-21(15-22)18(5)6/h7-11,13-18H,12H2,1-6H3. The zero-order valence-corrected chi connectivity index (χ0v) is 18.0. The van der Waals surface area contributed by atoms with Crippen molar-refractivity contribution >= 4 is 22.2 Å². The summed E-state index contributed by atoms with van der Waals surface area (Å²) in [5, 5.41) is 2.70. The summed E-state index contributed by atoms with van der Waals surface area (Å²) in [6, 6.07) is 18.2. The Labute approximate surface area is 169 Å². The lowest BCUT2D eigenvalue weighted by Crippen LogP contribution is -2.04. The first kappa shape index (κ1) is 18.9. The van der Waals surface area contributed by atoms with Crippen molar-refractivity contribution < 1.29 is 0 Å². The highest BCUT2D eigenvalue weighted by atomic mass is 14.8. The zero-order chi connectivity index (χ0) is 20.0. The van der Waals surface area contributed by atoms with Gasteiger partial charge in [-0.3, -0.25) is 0 Å². The van der Waals surface area contributed by atoms with Crippen LogP contribution in [-0.2, 0) is 6.42 Å². The van der Waals surface area contributed by atoms with Gasteiger partial charge < -0.3 is 0 Å². The van der Waals surface area contributed by atoms with E-state index in [9.17, 15) is 0 Å². The van der Waals surface area contributed by atoms with Crippen molar-refractivity contribution in [2.75, 3.05) is 0 Å². The van der Waals surface area contributed by atoms with Crippen molar-refractivity contribution in [1.29, 1.82) is 0 Å². The average molecular weight is 370 g/mol. The van der Waals surface area contributed by atoms with E-state index in [2.05, 4.69) is 90.1 Å². The number of rotatable bonds is 5. The lowest BCUT2D eigenvalue weighted by molar-refractivity contribution is 0.650. The maximum absolute atomic E-state index is 5.10. The molecule has 0 saturated heterocycles. The fourth-order valence-corrected chi connectivity index (χ4v) is 4.24. The second kappa shape index (κ2) is 7.20. The number of hydrogen-bond acceptors (Lipinski definition) is 1. The fraction of sp³-hybridized carbons (Fsp3) is 0.370. The van der Waals surface area contributed by atoms with Gasteiger partial charge in [-0.15, -0.1) is 0 Å². The Bertz CT molecular complexity index is 1040. The second-order valence-electron chi connectivity index (χ2n) is 9.23. The molecule has 1 aliphatic rings. The summed E-state index contributed by atoms with van der Waals surface area (Å²) in [6.45, 7) is 13.7. The number of benzene rings is 3. The van der Waals surface area contributed by atoms with Gasteiger partial charge in [0.15, 0.2) is 0 Å².